The molecule has 94 valence electrons. The fourth-order valence-corrected chi connectivity index (χ4v) is 3.90. The predicted molar refractivity (Wildman–Crippen MR) is 65.5 cm³/mol. The van der Waals surface area contributed by atoms with Crippen molar-refractivity contribution in [3.8, 4) is 0 Å². The molecule has 0 aromatic rings. The SMILES string of the molecule is CC(C[Si](C)(C)F)C(=O)OC1CCCCC1. The minimum Gasteiger partial charge on any atom is -0.462 e. The third-order valence-corrected chi connectivity index (χ3v) is 4.61. The lowest BCUT2D eigenvalue weighted by atomic mass is 9.98. The molecule has 0 aromatic carbocycles. The monoisotopic (exact) mass is 246 g/mol. The van der Waals surface area contributed by atoms with Crippen LogP contribution in [0.3, 0.4) is 0 Å². The van der Waals surface area contributed by atoms with Gasteiger partial charge < -0.3 is 8.84 Å². The Labute approximate surface area is 98.7 Å². The molecule has 1 rings (SSSR count). The summed E-state index contributed by atoms with van der Waals surface area (Å²) in [6.07, 6.45) is 5.59. The van der Waals surface area contributed by atoms with Gasteiger partial charge in [-0.2, -0.15) is 0 Å². The standard InChI is InChI=1S/C12H23FO2Si/c1-10(9-16(2,3)13)12(14)15-11-7-5-4-6-8-11/h10-11H,4-9H2,1-3H3. The van der Waals surface area contributed by atoms with Crippen molar-refractivity contribution in [2.24, 2.45) is 5.92 Å². The number of rotatable bonds is 4. The summed E-state index contributed by atoms with van der Waals surface area (Å²) in [5, 5.41) is 0. The second kappa shape index (κ2) is 5.80. The highest BCUT2D eigenvalue weighted by atomic mass is 28.4. The van der Waals surface area contributed by atoms with Crippen molar-refractivity contribution in [1.29, 1.82) is 0 Å². The Morgan fingerprint density at radius 2 is 1.94 bits per heavy atom. The fraction of sp³-hybridized carbons (Fsp3) is 0.917. The minimum atomic E-state index is -2.65. The Hall–Kier alpha value is -0.383. The van der Waals surface area contributed by atoms with Crippen molar-refractivity contribution in [2.75, 3.05) is 0 Å². The smallest absolute Gasteiger partial charge is 0.308 e. The quantitative estimate of drug-likeness (QED) is 0.430. The number of carbonyl (C=O) groups is 1. The second-order valence-electron chi connectivity index (χ2n) is 5.52. The highest BCUT2D eigenvalue weighted by Gasteiger charge is 2.29. The van der Waals surface area contributed by atoms with Gasteiger partial charge in [0.1, 0.15) is 6.10 Å². The Morgan fingerprint density at radius 1 is 1.38 bits per heavy atom. The average Bonchev–Trinajstić information content (AvgIpc) is 2.16. The molecule has 2 nitrogen and oxygen atoms in total. The molecule has 1 aliphatic rings. The summed E-state index contributed by atoms with van der Waals surface area (Å²) >= 11 is 0. The summed E-state index contributed by atoms with van der Waals surface area (Å²) in [5.41, 5.74) is 0. The maximum absolute atomic E-state index is 13.5. The first-order valence-electron chi connectivity index (χ1n) is 6.28. The number of hydrogen-bond acceptors (Lipinski definition) is 2. The number of carbonyl (C=O) groups excluding carboxylic acids is 1. The van der Waals surface area contributed by atoms with Crippen molar-refractivity contribution in [1.82, 2.24) is 0 Å². The fourth-order valence-electron chi connectivity index (χ4n) is 2.27. The number of halogens is 1. The first-order chi connectivity index (χ1) is 7.38. The Bertz CT molecular complexity index is 232. The molecule has 0 saturated heterocycles. The molecule has 0 bridgehead atoms. The molecule has 0 amide bonds. The van der Waals surface area contributed by atoms with Gasteiger partial charge in [0.05, 0.1) is 5.92 Å². The molecular formula is C12H23FO2Si. The molecular weight excluding hydrogens is 223 g/mol. The summed E-state index contributed by atoms with van der Waals surface area (Å²) in [6, 6.07) is 0.374. The molecule has 16 heavy (non-hydrogen) atoms. The maximum Gasteiger partial charge on any atom is 0.308 e. The number of ether oxygens (including phenoxy) is 1. The first kappa shape index (κ1) is 13.7. The Morgan fingerprint density at radius 3 is 2.44 bits per heavy atom. The summed E-state index contributed by atoms with van der Waals surface area (Å²) < 4.78 is 18.9. The van der Waals surface area contributed by atoms with Crippen LogP contribution in [0.25, 0.3) is 0 Å². The maximum atomic E-state index is 13.5. The summed E-state index contributed by atoms with van der Waals surface area (Å²) in [5.74, 6) is -0.487. The van der Waals surface area contributed by atoms with E-state index in [1.165, 1.54) is 6.42 Å². The zero-order valence-corrected chi connectivity index (χ0v) is 11.6. The Kier molecular flexibility index (Phi) is 4.96. The third kappa shape index (κ3) is 5.10. The van der Waals surface area contributed by atoms with E-state index in [1.54, 1.807) is 20.0 Å². The van der Waals surface area contributed by atoms with E-state index >= 15 is 0 Å². The molecule has 0 heterocycles. The van der Waals surface area contributed by atoms with E-state index in [0.717, 1.165) is 25.7 Å². The predicted octanol–water partition coefficient (Wildman–Crippen LogP) is 3.67. The van der Waals surface area contributed by atoms with Crippen LogP contribution in [0.15, 0.2) is 0 Å². The van der Waals surface area contributed by atoms with Gasteiger partial charge in [0.25, 0.3) is 0 Å². The highest BCUT2D eigenvalue weighted by Crippen LogP contribution is 2.24. The van der Waals surface area contributed by atoms with E-state index in [-0.39, 0.29) is 18.0 Å². The first-order valence-corrected chi connectivity index (χ1v) is 9.36. The lowest BCUT2D eigenvalue weighted by molar-refractivity contribution is -0.154. The van der Waals surface area contributed by atoms with Crippen LogP contribution < -0.4 is 0 Å². The molecule has 0 N–H and O–H groups in total. The van der Waals surface area contributed by atoms with E-state index in [2.05, 4.69) is 0 Å². The van der Waals surface area contributed by atoms with Gasteiger partial charge in [-0.1, -0.05) is 13.3 Å². The van der Waals surface area contributed by atoms with Crippen molar-refractivity contribution in [2.45, 2.75) is 64.3 Å². The molecule has 1 fully saturated rings. The van der Waals surface area contributed by atoms with E-state index in [9.17, 15) is 8.90 Å². The van der Waals surface area contributed by atoms with E-state index in [0.29, 0.717) is 6.04 Å². The second-order valence-corrected chi connectivity index (χ2v) is 9.37. The van der Waals surface area contributed by atoms with Crippen LogP contribution in [-0.2, 0) is 9.53 Å². The highest BCUT2D eigenvalue weighted by molar-refractivity contribution is 6.70. The van der Waals surface area contributed by atoms with Gasteiger partial charge in [-0.05, 0) is 44.8 Å². The molecule has 1 aliphatic carbocycles. The summed E-state index contributed by atoms with van der Waals surface area (Å²) in [4.78, 5) is 11.7. The zero-order valence-electron chi connectivity index (χ0n) is 10.6. The van der Waals surface area contributed by atoms with Gasteiger partial charge in [0.15, 0.2) is 0 Å². The van der Waals surface area contributed by atoms with Gasteiger partial charge in [-0.15, -0.1) is 0 Å². The van der Waals surface area contributed by atoms with Gasteiger partial charge in [-0.25, -0.2) is 0 Å². The van der Waals surface area contributed by atoms with Crippen LogP contribution in [0.1, 0.15) is 39.0 Å². The van der Waals surface area contributed by atoms with Crippen LogP contribution in [0.2, 0.25) is 19.1 Å². The van der Waals surface area contributed by atoms with Gasteiger partial charge in [-0.3, -0.25) is 4.79 Å². The van der Waals surface area contributed by atoms with Crippen LogP contribution in [0.4, 0.5) is 4.11 Å². The largest absolute Gasteiger partial charge is 0.462 e. The minimum absolute atomic E-state index is 0.0908. The molecule has 0 aromatic heterocycles. The van der Waals surface area contributed by atoms with Crippen LogP contribution in [0.5, 0.6) is 0 Å². The molecule has 0 radical (unpaired) electrons. The third-order valence-electron chi connectivity index (χ3n) is 3.03. The molecule has 4 heteroatoms. The Balaban J connectivity index is 2.33. The van der Waals surface area contributed by atoms with E-state index in [1.807, 2.05) is 0 Å². The van der Waals surface area contributed by atoms with Gasteiger partial charge in [0.2, 0.25) is 8.41 Å². The van der Waals surface area contributed by atoms with E-state index in [4.69, 9.17) is 4.74 Å². The summed E-state index contributed by atoms with van der Waals surface area (Å²) in [6.45, 7) is 5.05. The molecule has 1 saturated carbocycles. The van der Waals surface area contributed by atoms with Crippen molar-refractivity contribution in [3.63, 3.8) is 0 Å². The van der Waals surface area contributed by atoms with E-state index < -0.39 is 8.41 Å². The van der Waals surface area contributed by atoms with Crippen molar-refractivity contribution < 1.29 is 13.6 Å². The van der Waals surface area contributed by atoms with Crippen LogP contribution in [0, 0.1) is 5.92 Å². The van der Waals surface area contributed by atoms with Crippen LogP contribution in [-0.4, -0.2) is 20.5 Å². The van der Waals surface area contributed by atoms with Crippen LogP contribution >= 0.6 is 0 Å². The number of esters is 1. The van der Waals surface area contributed by atoms with Gasteiger partial charge in [0, 0.05) is 0 Å². The normalized spacial score (nSPS) is 20.5. The zero-order chi connectivity index (χ0) is 12.2. The molecule has 0 spiro atoms. The van der Waals surface area contributed by atoms with Crippen molar-refractivity contribution in [3.05, 3.63) is 0 Å². The molecule has 0 aliphatic heterocycles. The topological polar surface area (TPSA) is 26.3 Å². The molecule has 1 atom stereocenters. The summed E-state index contributed by atoms with van der Waals surface area (Å²) in [7, 11) is -2.65. The lowest BCUT2D eigenvalue weighted by Gasteiger charge is -2.24. The number of hydrogen-bond donors (Lipinski definition) is 0. The van der Waals surface area contributed by atoms with Crippen molar-refractivity contribution >= 4 is 14.4 Å². The lowest BCUT2D eigenvalue weighted by Crippen LogP contribution is -2.29. The molecule has 1 unspecified atom stereocenters. The average molecular weight is 246 g/mol. The van der Waals surface area contributed by atoms with Gasteiger partial charge >= 0.3 is 5.97 Å².